The molecule has 62 valence electrons. The molecule has 0 amide bonds. The van der Waals surface area contributed by atoms with Crippen molar-refractivity contribution in [2.45, 2.75) is 33.3 Å². The molecule has 1 aromatic heterocycles. The van der Waals surface area contributed by atoms with E-state index in [1.165, 1.54) is 0 Å². The first-order valence-corrected chi connectivity index (χ1v) is 4.46. The highest BCUT2D eigenvalue weighted by atomic mass is 32.1. The van der Waals surface area contributed by atoms with Crippen molar-refractivity contribution in [1.29, 1.82) is 0 Å². The van der Waals surface area contributed by atoms with Gasteiger partial charge in [-0.05, 0) is 27.7 Å². The van der Waals surface area contributed by atoms with Crippen LogP contribution in [-0.4, -0.2) is 10.6 Å². The van der Waals surface area contributed by atoms with Crippen molar-refractivity contribution in [3.05, 3.63) is 10.4 Å². The largest absolute Gasteiger partial charge is 0.471 e. The lowest BCUT2D eigenvalue weighted by molar-refractivity contribution is 0.125. The summed E-state index contributed by atoms with van der Waals surface area (Å²) < 4.78 is 5.52. The van der Waals surface area contributed by atoms with Gasteiger partial charge in [0.1, 0.15) is 5.60 Å². The summed E-state index contributed by atoms with van der Waals surface area (Å²) >= 11 is 1.61. The summed E-state index contributed by atoms with van der Waals surface area (Å²) in [6.07, 6.45) is 0. The molecule has 2 nitrogen and oxygen atoms in total. The van der Waals surface area contributed by atoms with E-state index in [1.54, 1.807) is 11.3 Å². The molecule has 0 fully saturated rings. The standard InChI is InChI=1S/C8H13NOS/c1-6-9-7(5-11-6)10-8(2,3)4/h5H,1-4H3. The summed E-state index contributed by atoms with van der Waals surface area (Å²) in [5.74, 6) is 0.736. The number of ether oxygens (including phenoxy) is 1. The van der Waals surface area contributed by atoms with Crippen molar-refractivity contribution < 1.29 is 4.74 Å². The van der Waals surface area contributed by atoms with Crippen molar-refractivity contribution in [2.75, 3.05) is 0 Å². The van der Waals surface area contributed by atoms with Gasteiger partial charge >= 0.3 is 0 Å². The van der Waals surface area contributed by atoms with E-state index in [0.717, 1.165) is 10.9 Å². The maximum atomic E-state index is 5.52. The number of hydrogen-bond acceptors (Lipinski definition) is 3. The molecule has 0 aromatic carbocycles. The quantitative estimate of drug-likeness (QED) is 0.648. The zero-order chi connectivity index (χ0) is 8.48. The average Bonchev–Trinajstić information content (AvgIpc) is 2.10. The molecule has 0 N–H and O–H groups in total. The Morgan fingerprint density at radius 3 is 2.45 bits per heavy atom. The third-order valence-corrected chi connectivity index (χ3v) is 1.76. The molecule has 1 aromatic rings. The molecule has 1 heterocycles. The fourth-order valence-corrected chi connectivity index (χ4v) is 1.22. The summed E-state index contributed by atoms with van der Waals surface area (Å²) in [6, 6.07) is 0. The molecule has 0 atom stereocenters. The number of aromatic nitrogens is 1. The number of nitrogens with zero attached hydrogens (tertiary/aromatic N) is 1. The highest BCUT2D eigenvalue weighted by Crippen LogP contribution is 2.19. The molecule has 0 bridgehead atoms. The second kappa shape index (κ2) is 2.81. The van der Waals surface area contributed by atoms with Crippen molar-refractivity contribution in [2.24, 2.45) is 0 Å². The smallest absolute Gasteiger partial charge is 0.225 e. The van der Waals surface area contributed by atoms with Gasteiger partial charge in [0.15, 0.2) is 0 Å². The van der Waals surface area contributed by atoms with Crippen LogP contribution in [0.15, 0.2) is 5.38 Å². The lowest BCUT2D eigenvalue weighted by Gasteiger charge is -2.18. The summed E-state index contributed by atoms with van der Waals surface area (Å²) in [5, 5.41) is 2.98. The van der Waals surface area contributed by atoms with Gasteiger partial charge in [-0.25, -0.2) is 4.98 Å². The molecule has 0 aliphatic carbocycles. The molecule has 0 saturated heterocycles. The van der Waals surface area contributed by atoms with Crippen LogP contribution in [0.3, 0.4) is 0 Å². The van der Waals surface area contributed by atoms with Crippen LogP contribution in [0.2, 0.25) is 0 Å². The maximum Gasteiger partial charge on any atom is 0.225 e. The summed E-state index contributed by atoms with van der Waals surface area (Å²) in [4.78, 5) is 4.19. The summed E-state index contributed by atoms with van der Waals surface area (Å²) in [6.45, 7) is 8.02. The Labute approximate surface area is 71.2 Å². The molecule has 0 radical (unpaired) electrons. The topological polar surface area (TPSA) is 22.1 Å². The van der Waals surface area contributed by atoms with Crippen molar-refractivity contribution in [3.63, 3.8) is 0 Å². The molecule has 3 heteroatoms. The Morgan fingerprint density at radius 2 is 2.09 bits per heavy atom. The minimum absolute atomic E-state index is 0.138. The number of hydrogen-bond donors (Lipinski definition) is 0. The van der Waals surface area contributed by atoms with Gasteiger partial charge in [0.05, 0.1) is 10.4 Å². The van der Waals surface area contributed by atoms with Gasteiger partial charge in [0, 0.05) is 0 Å². The SMILES string of the molecule is Cc1nc(OC(C)(C)C)cs1. The Kier molecular flexibility index (Phi) is 2.18. The maximum absolute atomic E-state index is 5.52. The lowest BCUT2D eigenvalue weighted by Crippen LogP contribution is -2.23. The zero-order valence-corrected chi connectivity index (χ0v) is 8.16. The number of thiazole rings is 1. The fourth-order valence-electron chi connectivity index (χ4n) is 0.704. The Bertz CT molecular complexity index is 236. The van der Waals surface area contributed by atoms with E-state index >= 15 is 0 Å². The summed E-state index contributed by atoms with van der Waals surface area (Å²) in [5.41, 5.74) is -0.138. The Balaban J connectivity index is 2.65. The second-order valence-electron chi connectivity index (χ2n) is 3.42. The van der Waals surface area contributed by atoms with E-state index in [-0.39, 0.29) is 5.60 Å². The third kappa shape index (κ3) is 2.89. The van der Waals surface area contributed by atoms with Crippen LogP contribution in [0.4, 0.5) is 0 Å². The van der Waals surface area contributed by atoms with Gasteiger partial charge < -0.3 is 4.74 Å². The van der Waals surface area contributed by atoms with Crippen LogP contribution >= 0.6 is 11.3 Å². The van der Waals surface area contributed by atoms with Crippen LogP contribution in [0, 0.1) is 6.92 Å². The van der Waals surface area contributed by atoms with Gasteiger partial charge in [0.25, 0.3) is 0 Å². The predicted molar refractivity (Wildman–Crippen MR) is 47.2 cm³/mol. The number of aryl methyl sites for hydroxylation is 1. The Hall–Kier alpha value is -0.570. The number of rotatable bonds is 1. The van der Waals surface area contributed by atoms with Crippen molar-refractivity contribution >= 4 is 11.3 Å². The van der Waals surface area contributed by atoms with Crippen LogP contribution in [0.25, 0.3) is 0 Å². The van der Waals surface area contributed by atoms with Crippen molar-refractivity contribution in [3.8, 4) is 5.88 Å². The molecule has 0 aliphatic heterocycles. The fraction of sp³-hybridized carbons (Fsp3) is 0.625. The molecule has 11 heavy (non-hydrogen) atoms. The van der Waals surface area contributed by atoms with Gasteiger partial charge in [-0.3, -0.25) is 0 Å². The lowest BCUT2D eigenvalue weighted by atomic mass is 10.2. The van der Waals surface area contributed by atoms with E-state index in [9.17, 15) is 0 Å². The van der Waals surface area contributed by atoms with Crippen LogP contribution in [0.1, 0.15) is 25.8 Å². The van der Waals surface area contributed by atoms with Gasteiger partial charge in [-0.15, -0.1) is 11.3 Å². The molecule has 1 rings (SSSR count). The molecule has 0 aliphatic rings. The van der Waals surface area contributed by atoms with E-state index in [0.29, 0.717) is 0 Å². The minimum atomic E-state index is -0.138. The Morgan fingerprint density at radius 1 is 1.45 bits per heavy atom. The first kappa shape index (κ1) is 8.53. The van der Waals surface area contributed by atoms with Crippen LogP contribution in [0.5, 0.6) is 5.88 Å². The van der Waals surface area contributed by atoms with E-state index in [2.05, 4.69) is 4.98 Å². The van der Waals surface area contributed by atoms with E-state index < -0.39 is 0 Å². The second-order valence-corrected chi connectivity index (χ2v) is 4.48. The van der Waals surface area contributed by atoms with Gasteiger partial charge in [-0.1, -0.05) is 0 Å². The molecular formula is C8H13NOS. The molecule has 0 unspecified atom stereocenters. The molecule has 0 spiro atoms. The first-order valence-electron chi connectivity index (χ1n) is 3.58. The minimum Gasteiger partial charge on any atom is -0.471 e. The normalized spacial score (nSPS) is 11.6. The van der Waals surface area contributed by atoms with E-state index in [1.807, 2.05) is 33.1 Å². The monoisotopic (exact) mass is 171 g/mol. The molecular weight excluding hydrogens is 158 g/mol. The average molecular weight is 171 g/mol. The van der Waals surface area contributed by atoms with Crippen molar-refractivity contribution in [1.82, 2.24) is 4.98 Å². The van der Waals surface area contributed by atoms with Gasteiger partial charge in [0.2, 0.25) is 5.88 Å². The zero-order valence-electron chi connectivity index (χ0n) is 7.34. The highest BCUT2D eigenvalue weighted by molar-refractivity contribution is 7.09. The highest BCUT2D eigenvalue weighted by Gasteiger charge is 2.12. The van der Waals surface area contributed by atoms with Gasteiger partial charge in [-0.2, -0.15) is 0 Å². The summed E-state index contributed by atoms with van der Waals surface area (Å²) in [7, 11) is 0. The predicted octanol–water partition coefficient (Wildman–Crippen LogP) is 2.63. The third-order valence-electron chi connectivity index (χ3n) is 1.01. The molecule has 0 saturated carbocycles. The van der Waals surface area contributed by atoms with Crippen LogP contribution < -0.4 is 4.74 Å². The van der Waals surface area contributed by atoms with Crippen LogP contribution in [-0.2, 0) is 0 Å². The van der Waals surface area contributed by atoms with E-state index in [4.69, 9.17) is 4.74 Å². The first-order chi connectivity index (χ1) is 4.97.